The number of anilines is 1. The van der Waals surface area contributed by atoms with Gasteiger partial charge in [-0.15, -0.1) is 0 Å². The fourth-order valence-corrected chi connectivity index (χ4v) is 2.44. The number of thiocarbonyl (C=S) groups is 1. The molecule has 6 nitrogen and oxygen atoms in total. The Morgan fingerprint density at radius 1 is 1.41 bits per heavy atom. The van der Waals surface area contributed by atoms with Crippen LogP contribution in [0.4, 0.5) is 5.69 Å². The van der Waals surface area contributed by atoms with Crippen molar-refractivity contribution in [1.82, 2.24) is 10.6 Å². The van der Waals surface area contributed by atoms with Crippen molar-refractivity contribution in [3.8, 4) is 0 Å². The lowest BCUT2D eigenvalue weighted by Crippen LogP contribution is -2.33. The highest BCUT2D eigenvalue weighted by molar-refractivity contribution is 7.80. The molecule has 2 rings (SSSR count). The van der Waals surface area contributed by atoms with Crippen LogP contribution >= 0.6 is 12.2 Å². The van der Waals surface area contributed by atoms with E-state index in [9.17, 15) is 9.59 Å². The number of rotatable bonds is 4. The maximum atomic E-state index is 12.1. The molecule has 1 aliphatic rings. The van der Waals surface area contributed by atoms with E-state index >= 15 is 0 Å². The van der Waals surface area contributed by atoms with Crippen LogP contribution in [0.3, 0.4) is 0 Å². The Morgan fingerprint density at radius 3 is 2.91 bits per heavy atom. The predicted octanol–water partition coefficient (Wildman–Crippen LogP) is 1.43. The largest absolute Gasteiger partial charge is 0.376 e. The third-order valence-electron chi connectivity index (χ3n) is 3.19. The van der Waals surface area contributed by atoms with Crippen molar-refractivity contribution in [2.45, 2.75) is 25.9 Å². The van der Waals surface area contributed by atoms with Crippen LogP contribution in [-0.2, 0) is 9.53 Å². The summed E-state index contributed by atoms with van der Waals surface area (Å²) in [6.45, 7) is 2.66. The van der Waals surface area contributed by atoms with E-state index in [1.807, 2.05) is 0 Å². The topological polar surface area (TPSA) is 79.5 Å². The van der Waals surface area contributed by atoms with Gasteiger partial charge in [0.15, 0.2) is 5.11 Å². The molecule has 0 aliphatic carbocycles. The van der Waals surface area contributed by atoms with Gasteiger partial charge in [0.25, 0.3) is 5.91 Å². The average Bonchev–Trinajstić information content (AvgIpc) is 2.97. The van der Waals surface area contributed by atoms with E-state index < -0.39 is 0 Å². The Balaban J connectivity index is 1.90. The van der Waals surface area contributed by atoms with Crippen molar-refractivity contribution in [3.05, 3.63) is 29.8 Å². The summed E-state index contributed by atoms with van der Waals surface area (Å²) in [4.78, 5) is 23.0. The maximum absolute atomic E-state index is 12.1. The molecule has 1 unspecified atom stereocenters. The minimum atomic E-state index is -0.247. The monoisotopic (exact) mass is 321 g/mol. The summed E-state index contributed by atoms with van der Waals surface area (Å²) in [5.74, 6) is -0.410. The smallest absolute Gasteiger partial charge is 0.251 e. The van der Waals surface area contributed by atoms with Crippen LogP contribution in [-0.4, -0.2) is 36.2 Å². The molecule has 118 valence electrons. The number of amides is 2. The number of hydrogen-bond donors (Lipinski definition) is 3. The Bertz CT molecular complexity index is 571. The zero-order chi connectivity index (χ0) is 15.9. The summed E-state index contributed by atoms with van der Waals surface area (Å²) in [7, 11) is 0. The first-order valence-corrected chi connectivity index (χ1v) is 7.54. The Hall–Kier alpha value is -1.99. The Kier molecular flexibility index (Phi) is 5.85. The summed E-state index contributed by atoms with van der Waals surface area (Å²) in [5.41, 5.74) is 1.16. The number of carbonyl (C=O) groups is 2. The van der Waals surface area contributed by atoms with Crippen molar-refractivity contribution in [1.29, 1.82) is 0 Å². The molecule has 1 atom stereocenters. The van der Waals surface area contributed by atoms with Gasteiger partial charge in [0.05, 0.1) is 6.10 Å². The van der Waals surface area contributed by atoms with Crippen LogP contribution in [0.5, 0.6) is 0 Å². The first kappa shape index (κ1) is 16.4. The minimum absolute atomic E-state index is 0.109. The van der Waals surface area contributed by atoms with E-state index in [-0.39, 0.29) is 23.0 Å². The van der Waals surface area contributed by atoms with Gasteiger partial charge in [0.1, 0.15) is 0 Å². The normalized spacial score (nSPS) is 16.9. The number of ether oxygens (including phenoxy) is 1. The van der Waals surface area contributed by atoms with Crippen LogP contribution in [0.15, 0.2) is 24.3 Å². The van der Waals surface area contributed by atoms with Gasteiger partial charge in [-0.1, -0.05) is 6.07 Å². The van der Waals surface area contributed by atoms with Crippen LogP contribution in [0, 0.1) is 0 Å². The molecule has 1 aromatic carbocycles. The lowest BCUT2D eigenvalue weighted by atomic mass is 10.2. The number of benzene rings is 1. The second kappa shape index (κ2) is 7.86. The molecule has 2 amide bonds. The third-order valence-corrected chi connectivity index (χ3v) is 3.39. The molecule has 0 radical (unpaired) electrons. The molecule has 1 fully saturated rings. The fraction of sp³-hybridized carbons (Fsp3) is 0.400. The van der Waals surface area contributed by atoms with E-state index in [0.29, 0.717) is 17.8 Å². The van der Waals surface area contributed by atoms with E-state index in [4.69, 9.17) is 17.0 Å². The fourth-order valence-electron chi connectivity index (χ4n) is 2.17. The minimum Gasteiger partial charge on any atom is -0.376 e. The highest BCUT2D eigenvalue weighted by Crippen LogP contribution is 2.13. The molecular weight excluding hydrogens is 302 g/mol. The van der Waals surface area contributed by atoms with Gasteiger partial charge in [-0.3, -0.25) is 9.59 Å². The van der Waals surface area contributed by atoms with Gasteiger partial charge in [-0.25, -0.2) is 0 Å². The summed E-state index contributed by atoms with van der Waals surface area (Å²) < 4.78 is 5.47. The molecule has 7 heteroatoms. The summed E-state index contributed by atoms with van der Waals surface area (Å²) in [6.07, 6.45) is 2.13. The van der Waals surface area contributed by atoms with Crippen LogP contribution in [0.1, 0.15) is 30.1 Å². The van der Waals surface area contributed by atoms with E-state index in [2.05, 4.69) is 16.0 Å². The van der Waals surface area contributed by atoms with Crippen LogP contribution in [0.25, 0.3) is 0 Å². The van der Waals surface area contributed by atoms with E-state index in [1.54, 1.807) is 24.3 Å². The van der Waals surface area contributed by atoms with Crippen LogP contribution in [0.2, 0.25) is 0 Å². The quantitative estimate of drug-likeness (QED) is 0.731. The summed E-state index contributed by atoms with van der Waals surface area (Å²) in [5, 5.41) is 8.38. The maximum Gasteiger partial charge on any atom is 0.251 e. The summed E-state index contributed by atoms with van der Waals surface area (Å²) >= 11 is 4.98. The molecule has 22 heavy (non-hydrogen) atoms. The number of carbonyl (C=O) groups excluding carboxylic acids is 2. The predicted molar refractivity (Wildman–Crippen MR) is 87.8 cm³/mol. The van der Waals surface area contributed by atoms with Gasteiger partial charge < -0.3 is 20.7 Å². The second-order valence-electron chi connectivity index (χ2n) is 5.06. The van der Waals surface area contributed by atoms with E-state index in [0.717, 1.165) is 19.4 Å². The molecule has 1 aliphatic heterocycles. The highest BCUT2D eigenvalue weighted by atomic mass is 32.1. The zero-order valence-electron chi connectivity index (χ0n) is 12.3. The van der Waals surface area contributed by atoms with Gasteiger partial charge in [0.2, 0.25) is 5.91 Å². The molecule has 0 spiro atoms. The molecule has 3 N–H and O–H groups in total. The molecule has 1 saturated heterocycles. The molecule has 1 aromatic rings. The molecule has 0 bridgehead atoms. The molecule has 1 heterocycles. The lowest BCUT2D eigenvalue weighted by Gasteiger charge is -2.12. The molecule has 0 saturated carbocycles. The van der Waals surface area contributed by atoms with Crippen molar-refractivity contribution in [2.75, 3.05) is 18.5 Å². The van der Waals surface area contributed by atoms with Gasteiger partial charge >= 0.3 is 0 Å². The standard InChI is InChI=1S/C15H19N3O3S/c1-10(19)17-15(22)18-12-5-2-4-11(8-12)14(20)16-9-13-6-3-7-21-13/h2,4-5,8,13H,3,6-7,9H2,1H3,(H,16,20)(H2,17,18,19,22). The first-order valence-electron chi connectivity index (χ1n) is 7.13. The van der Waals surface area contributed by atoms with E-state index in [1.165, 1.54) is 6.92 Å². The van der Waals surface area contributed by atoms with Crippen molar-refractivity contribution >= 4 is 34.8 Å². The van der Waals surface area contributed by atoms with Crippen LogP contribution < -0.4 is 16.0 Å². The van der Waals surface area contributed by atoms with Crippen molar-refractivity contribution in [3.63, 3.8) is 0 Å². The lowest BCUT2D eigenvalue weighted by molar-refractivity contribution is -0.117. The summed E-state index contributed by atoms with van der Waals surface area (Å²) in [6, 6.07) is 6.92. The zero-order valence-corrected chi connectivity index (χ0v) is 13.2. The molecule has 0 aromatic heterocycles. The second-order valence-corrected chi connectivity index (χ2v) is 5.47. The third kappa shape index (κ3) is 5.09. The first-order chi connectivity index (χ1) is 10.5. The van der Waals surface area contributed by atoms with Crippen molar-refractivity contribution in [2.24, 2.45) is 0 Å². The van der Waals surface area contributed by atoms with Gasteiger partial charge in [-0.2, -0.15) is 0 Å². The SMILES string of the molecule is CC(=O)NC(=S)Nc1cccc(C(=O)NCC2CCCO2)c1. The highest BCUT2D eigenvalue weighted by Gasteiger charge is 2.16. The van der Waals surface area contributed by atoms with Gasteiger partial charge in [0, 0.05) is 31.3 Å². The number of nitrogens with one attached hydrogen (secondary N) is 3. The number of hydrogen-bond acceptors (Lipinski definition) is 4. The Morgan fingerprint density at radius 2 is 2.23 bits per heavy atom. The Labute approximate surface area is 134 Å². The average molecular weight is 321 g/mol. The van der Waals surface area contributed by atoms with Gasteiger partial charge in [-0.05, 0) is 43.3 Å². The molecular formula is C15H19N3O3S. The van der Waals surface area contributed by atoms with Crippen molar-refractivity contribution < 1.29 is 14.3 Å².